The number of ketones is 1. The highest BCUT2D eigenvalue weighted by Gasteiger charge is 2.20. The Labute approximate surface area is 126 Å². The lowest BCUT2D eigenvalue weighted by Crippen LogP contribution is -2.30. The van der Waals surface area contributed by atoms with Crippen molar-refractivity contribution in [2.24, 2.45) is 5.92 Å². The fourth-order valence-electron chi connectivity index (χ4n) is 1.90. The highest BCUT2D eigenvalue weighted by Crippen LogP contribution is 2.26. The number of Topliss-reactive ketones (excluding diaryl/α,β-unsaturated/α-hetero) is 1. The van der Waals surface area contributed by atoms with E-state index in [4.69, 9.17) is 0 Å². The van der Waals surface area contributed by atoms with E-state index in [1.807, 2.05) is 17.5 Å². The van der Waals surface area contributed by atoms with Crippen LogP contribution in [-0.2, 0) is 0 Å². The number of thiophene rings is 2. The predicted molar refractivity (Wildman–Crippen MR) is 83.7 cm³/mol. The van der Waals surface area contributed by atoms with Crippen molar-refractivity contribution in [1.29, 1.82) is 0 Å². The van der Waals surface area contributed by atoms with Crippen LogP contribution in [-0.4, -0.2) is 11.7 Å². The Morgan fingerprint density at radius 2 is 2.00 bits per heavy atom. The van der Waals surface area contributed by atoms with E-state index in [0.29, 0.717) is 16.4 Å². The third-order valence-corrected chi connectivity index (χ3v) is 5.00. The maximum absolute atomic E-state index is 12.3. The maximum Gasteiger partial charge on any atom is 0.252 e. The molecule has 0 aromatic carbocycles. The van der Waals surface area contributed by atoms with Crippen molar-refractivity contribution in [3.8, 4) is 0 Å². The first kappa shape index (κ1) is 14.9. The molecule has 20 heavy (non-hydrogen) atoms. The molecule has 0 saturated carbocycles. The Hall–Kier alpha value is -1.46. The maximum atomic E-state index is 12.3. The van der Waals surface area contributed by atoms with Gasteiger partial charge in [0, 0.05) is 10.3 Å². The topological polar surface area (TPSA) is 46.2 Å². The van der Waals surface area contributed by atoms with Crippen LogP contribution in [0.1, 0.15) is 51.7 Å². The van der Waals surface area contributed by atoms with Gasteiger partial charge in [0.1, 0.15) is 0 Å². The number of rotatable bonds is 5. The number of hydrogen-bond donors (Lipinski definition) is 1. The Morgan fingerprint density at radius 1 is 1.25 bits per heavy atom. The van der Waals surface area contributed by atoms with E-state index < -0.39 is 0 Å². The van der Waals surface area contributed by atoms with Crippen LogP contribution < -0.4 is 5.32 Å². The van der Waals surface area contributed by atoms with E-state index in [0.717, 1.165) is 4.88 Å². The molecule has 3 nitrogen and oxygen atoms in total. The lowest BCUT2D eigenvalue weighted by molar-refractivity contribution is 0.0927. The monoisotopic (exact) mass is 307 g/mol. The van der Waals surface area contributed by atoms with Crippen molar-refractivity contribution in [3.63, 3.8) is 0 Å². The van der Waals surface area contributed by atoms with Gasteiger partial charge in [0.2, 0.25) is 0 Å². The molecule has 2 aromatic rings. The van der Waals surface area contributed by atoms with Crippen molar-refractivity contribution in [1.82, 2.24) is 5.32 Å². The molecule has 0 aliphatic carbocycles. The number of amides is 1. The lowest BCUT2D eigenvalue weighted by Gasteiger charge is -2.20. The van der Waals surface area contributed by atoms with Gasteiger partial charge < -0.3 is 5.32 Å². The molecule has 0 radical (unpaired) electrons. The molecular formula is C15H17NO2S2. The minimum atomic E-state index is -0.124. The van der Waals surface area contributed by atoms with Gasteiger partial charge in [0.15, 0.2) is 5.78 Å². The molecule has 0 spiro atoms. The van der Waals surface area contributed by atoms with Crippen molar-refractivity contribution in [2.45, 2.75) is 26.8 Å². The van der Waals surface area contributed by atoms with Gasteiger partial charge in [-0.15, -0.1) is 22.7 Å². The van der Waals surface area contributed by atoms with Gasteiger partial charge in [-0.1, -0.05) is 19.9 Å². The fourth-order valence-corrected chi connectivity index (χ4v) is 3.64. The minimum Gasteiger partial charge on any atom is -0.344 e. The number of carbonyl (C=O) groups excluding carboxylic acids is 2. The first-order valence-electron chi connectivity index (χ1n) is 6.42. The molecule has 0 bridgehead atoms. The first-order valence-corrected chi connectivity index (χ1v) is 8.18. The summed E-state index contributed by atoms with van der Waals surface area (Å²) in [6, 6.07) is 5.68. The molecule has 2 heterocycles. The van der Waals surface area contributed by atoms with Crippen LogP contribution in [0.15, 0.2) is 29.0 Å². The predicted octanol–water partition coefficient (Wildman–Crippen LogP) is 4.14. The van der Waals surface area contributed by atoms with Crippen LogP contribution in [0.3, 0.4) is 0 Å². The molecule has 0 saturated heterocycles. The molecule has 106 valence electrons. The van der Waals surface area contributed by atoms with E-state index in [1.54, 1.807) is 22.8 Å². The van der Waals surface area contributed by atoms with E-state index in [2.05, 4.69) is 19.2 Å². The quantitative estimate of drug-likeness (QED) is 0.844. The molecule has 2 aromatic heterocycles. The van der Waals surface area contributed by atoms with E-state index in [-0.39, 0.29) is 17.7 Å². The Kier molecular flexibility index (Phi) is 4.73. The van der Waals surface area contributed by atoms with Crippen LogP contribution in [0, 0.1) is 5.92 Å². The third kappa shape index (κ3) is 3.35. The summed E-state index contributed by atoms with van der Waals surface area (Å²) in [5, 5.41) is 6.80. The molecular weight excluding hydrogens is 290 g/mol. The smallest absolute Gasteiger partial charge is 0.252 e. The summed E-state index contributed by atoms with van der Waals surface area (Å²) in [5.41, 5.74) is 0.558. The summed E-state index contributed by atoms with van der Waals surface area (Å²) in [6.45, 7) is 5.68. The summed E-state index contributed by atoms with van der Waals surface area (Å²) in [6.07, 6.45) is 0. The molecule has 0 aliphatic rings. The second kappa shape index (κ2) is 6.33. The zero-order valence-corrected chi connectivity index (χ0v) is 13.3. The van der Waals surface area contributed by atoms with Gasteiger partial charge in [0.25, 0.3) is 5.91 Å². The van der Waals surface area contributed by atoms with Crippen molar-refractivity contribution in [2.75, 3.05) is 0 Å². The average Bonchev–Trinajstić information content (AvgIpc) is 3.05. The van der Waals surface area contributed by atoms with E-state index >= 15 is 0 Å². The summed E-state index contributed by atoms with van der Waals surface area (Å²) in [7, 11) is 0. The van der Waals surface area contributed by atoms with Gasteiger partial charge in [-0.2, -0.15) is 0 Å². The highest BCUT2D eigenvalue weighted by atomic mass is 32.1. The Morgan fingerprint density at radius 3 is 2.50 bits per heavy atom. The van der Waals surface area contributed by atoms with Gasteiger partial charge in [-0.05, 0) is 30.4 Å². The third-order valence-electron chi connectivity index (χ3n) is 3.01. The molecule has 0 aliphatic heterocycles. The van der Waals surface area contributed by atoms with Gasteiger partial charge in [-0.25, -0.2) is 0 Å². The average molecular weight is 307 g/mol. The standard InChI is InChI=1S/C15H17NO2S2/c1-9(2)14(12-5-4-6-19-12)16-15(18)11-7-13(10(3)17)20-8-11/h4-9,14H,1-3H3,(H,16,18)/t14-/m1/s1. The van der Waals surface area contributed by atoms with Gasteiger partial charge >= 0.3 is 0 Å². The van der Waals surface area contributed by atoms with Crippen LogP contribution >= 0.6 is 22.7 Å². The van der Waals surface area contributed by atoms with Crippen LogP contribution in [0.25, 0.3) is 0 Å². The summed E-state index contributed by atoms with van der Waals surface area (Å²) < 4.78 is 0. The summed E-state index contributed by atoms with van der Waals surface area (Å²) in [4.78, 5) is 25.3. The van der Waals surface area contributed by atoms with Crippen LogP contribution in [0.5, 0.6) is 0 Å². The summed E-state index contributed by atoms with van der Waals surface area (Å²) in [5.74, 6) is 0.178. The van der Waals surface area contributed by atoms with Crippen molar-refractivity contribution >= 4 is 34.4 Å². The zero-order valence-electron chi connectivity index (χ0n) is 11.7. The number of hydrogen-bond acceptors (Lipinski definition) is 4. The molecule has 0 unspecified atom stereocenters. The molecule has 0 fully saturated rings. The number of nitrogens with one attached hydrogen (secondary N) is 1. The second-order valence-corrected chi connectivity index (χ2v) is 6.86. The second-order valence-electron chi connectivity index (χ2n) is 4.97. The largest absolute Gasteiger partial charge is 0.344 e. The summed E-state index contributed by atoms with van der Waals surface area (Å²) >= 11 is 2.95. The minimum absolute atomic E-state index is 0.00294. The Bertz CT molecular complexity index is 599. The SMILES string of the molecule is CC(=O)c1cc(C(=O)N[C@@H](c2cccs2)C(C)C)cs1. The van der Waals surface area contributed by atoms with Crippen LogP contribution in [0.2, 0.25) is 0 Å². The normalized spacial score (nSPS) is 12.4. The molecule has 1 N–H and O–H groups in total. The fraction of sp³-hybridized carbons (Fsp3) is 0.333. The number of carbonyl (C=O) groups is 2. The Balaban J connectivity index is 2.14. The molecule has 1 atom stereocenters. The lowest BCUT2D eigenvalue weighted by atomic mass is 10.0. The van der Waals surface area contributed by atoms with E-state index in [9.17, 15) is 9.59 Å². The van der Waals surface area contributed by atoms with Crippen LogP contribution in [0.4, 0.5) is 0 Å². The van der Waals surface area contributed by atoms with Crippen molar-refractivity contribution in [3.05, 3.63) is 44.3 Å². The highest BCUT2D eigenvalue weighted by molar-refractivity contribution is 7.12. The van der Waals surface area contributed by atoms with Gasteiger partial charge in [-0.3, -0.25) is 9.59 Å². The van der Waals surface area contributed by atoms with Gasteiger partial charge in [0.05, 0.1) is 16.5 Å². The zero-order chi connectivity index (χ0) is 14.7. The molecule has 1 amide bonds. The van der Waals surface area contributed by atoms with Crippen molar-refractivity contribution < 1.29 is 9.59 Å². The van der Waals surface area contributed by atoms with E-state index in [1.165, 1.54) is 18.3 Å². The molecule has 5 heteroatoms. The molecule has 2 rings (SSSR count). The first-order chi connectivity index (χ1) is 9.49.